The van der Waals surface area contributed by atoms with Gasteiger partial charge in [-0.15, -0.1) is 0 Å². The topological polar surface area (TPSA) is 9.23 Å². The molecule has 0 saturated carbocycles. The van der Waals surface area contributed by atoms with Gasteiger partial charge in [0, 0.05) is 5.56 Å². The van der Waals surface area contributed by atoms with Crippen LogP contribution in [0.15, 0.2) is 78.9 Å². The number of hydrogen-bond acceptors (Lipinski definition) is 1. The van der Waals surface area contributed by atoms with E-state index >= 15 is 0 Å². The van der Waals surface area contributed by atoms with Gasteiger partial charge < -0.3 is 4.74 Å². The second kappa shape index (κ2) is 8.93. The minimum absolute atomic E-state index is 0.780. The van der Waals surface area contributed by atoms with E-state index in [-0.39, 0.29) is 0 Å². The highest BCUT2D eigenvalue weighted by Gasteiger charge is 2.13. The number of hydrogen-bond donors (Lipinski definition) is 0. The summed E-state index contributed by atoms with van der Waals surface area (Å²) in [6.07, 6.45) is 6.25. The van der Waals surface area contributed by atoms with Crippen LogP contribution in [-0.2, 0) is 0 Å². The van der Waals surface area contributed by atoms with Gasteiger partial charge in [-0.2, -0.15) is 0 Å². The summed E-state index contributed by atoms with van der Waals surface area (Å²) in [5.74, 6) is 0.990. The maximum atomic E-state index is 6.29. The van der Waals surface area contributed by atoms with Gasteiger partial charge in [0.05, 0.1) is 6.61 Å². The average Bonchev–Trinajstić information content (AvgIpc) is 2.76. The van der Waals surface area contributed by atoms with Crippen molar-refractivity contribution in [3.63, 3.8) is 0 Å². The van der Waals surface area contributed by atoms with Crippen LogP contribution in [0.5, 0.6) is 5.75 Å². The standard InChI is InChI=1S/C27H28O/c1-2-3-4-5-11-20-28-26-19-18-24-23-15-10-9-12-21(23)16-17-25(24)27(26)22-13-7-6-8-14-22/h6-10,12-19H,2-5,11,20H2,1H3. The smallest absolute Gasteiger partial charge is 0.127 e. The molecule has 0 amide bonds. The zero-order valence-electron chi connectivity index (χ0n) is 16.7. The highest BCUT2D eigenvalue weighted by molar-refractivity contribution is 6.13. The Morgan fingerprint density at radius 2 is 1.36 bits per heavy atom. The first-order valence-electron chi connectivity index (χ1n) is 10.5. The number of ether oxygens (including phenoxy) is 1. The van der Waals surface area contributed by atoms with E-state index in [2.05, 4.69) is 85.8 Å². The van der Waals surface area contributed by atoms with Crippen LogP contribution in [0.3, 0.4) is 0 Å². The van der Waals surface area contributed by atoms with Crippen molar-refractivity contribution in [3.05, 3.63) is 78.9 Å². The molecule has 0 aliphatic carbocycles. The lowest BCUT2D eigenvalue weighted by Gasteiger charge is -2.16. The molecule has 0 atom stereocenters. The molecule has 0 saturated heterocycles. The van der Waals surface area contributed by atoms with Crippen LogP contribution >= 0.6 is 0 Å². The van der Waals surface area contributed by atoms with Crippen LogP contribution in [0.25, 0.3) is 32.7 Å². The van der Waals surface area contributed by atoms with Crippen molar-refractivity contribution in [2.24, 2.45) is 0 Å². The monoisotopic (exact) mass is 368 g/mol. The zero-order valence-corrected chi connectivity index (χ0v) is 16.7. The Kier molecular flexibility index (Phi) is 5.92. The van der Waals surface area contributed by atoms with Crippen LogP contribution in [0, 0.1) is 0 Å². The van der Waals surface area contributed by atoms with E-state index in [9.17, 15) is 0 Å². The fraction of sp³-hybridized carbons (Fsp3) is 0.259. The summed E-state index contributed by atoms with van der Waals surface area (Å²) in [4.78, 5) is 0. The van der Waals surface area contributed by atoms with Gasteiger partial charge in [-0.25, -0.2) is 0 Å². The van der Waals surface area contributed by atoms with Gasteiger partial charge in [-0.3, -0.25) is 0 Å². The molecule has 28 heavy (non-hydrogen) atoms. The maximum absolute atomic E-state index is 6.29. The lowest BCUT2D eigenvalue weighted by Crippen LogP contribution is -1.99. The van der Waals surface area contributed by atoms with Crippen molar-refractivity contribution in [1.29, 1.82) is 0 Å². The second-order valence-electron chi connectivity index (χ2n) is 7.45. The third-order valence-electron chi connectivity index (χ3n) is 5.46. The van der Waals surface area contributed by atoms with E-state index in [0.29, 0.717) is 0 Å². The number of rotatable bonds is 8. The molecule has 0 spiro atoms. The fourth-order valence-electron chi connectivity index (χ4n) is 3.98. The highest BCUT2D eigenvalue weighted by Crippen LogP contribution is 2.39. The first-order chi connectivity index (χ1) is 13.9. The summed E-state index contributed by atoms with van der Waals surface area (Å²) in [6.45, 7) is 3.03. The summed E-state index contributed by atoms with van der Waals surface area (Å²) >= 11 is 0. The molecule has 0 fully saturated rings. The number of unbranched alkanes of at least 4 members (excludes halogenated alkanes) is 4. The van der Waals surface area contributed by atoms with Crippen LogP contribution in [0.2, 0.25) is 0 Å². The third kappa shape index (κ3) is 3.89. The normalized spacial score (nSPS) is 11.2. The number of fused-ring (bicyclic) bond motifs is 3. The summed E-state index contributed by atoms with van der Waals surface area (Å²) in [5.41, 5.74) is 2.42. The van der Waals surface area contributed by atoms with Gasteiger partial charge in [0.25, 0.3) is 0 Å². The first-order valence-corrected chi connectivity index (χ1v) is 10.5. The molecule has 0 radical (unpaired) electrons. The van der Waals surface area contributed by atoms with Crippen LogP contribution in [0.1, 0.15) is 39.0 Å². The summed E-state index contributed by atoms with van der Waals surface area (Å²) in [5, 5.41) is 5.11. The van der Waals surface area contributed by atoms with Gasteiger partial charge in [0.1, 0.15) is 5.75 Å². The van der Waals surface area contributed by atoms with Gasteiger partial charge in [-0.1, -0.05) is 105 Å². The quantitative estimate of drug-likeness (QED) is 0.226. The molecule has 0 N–H and O–H groups in total. The average molecular weight is 369 g/mol. The fourth-order valence-corrected chi connectivity index (χ4v) is 3.98. The Labute approximate surface area is 168 Å². The van der Waals surface area contributed by atoms with Crippen molar-refractivity contribution in [1.82, 2.24) is 0 Å². The Morgan fingerprint density at radius 1 is 0.607 bits per heavy atom. The minimum atomic E-state index is 0.780. The Morgan fingerprint density at radius 3 is 2.21 bits per heavy atom. The van der Waals surface area contributed by atoms with Crippen LogP contribution in [-0.4, -0.2) is 6.61 Å². The maximum Gasteiger partial charge on any atom is 0.127 e. The van der Waals surface area contributed by atoms with E-state index in [4.69, 9.17) is 4.74 Å². The Hall–Kier alpha value is -2.80. The second-order valence-corrected chi connectivity index (χ2v) is 7.45. The van der Waals surface area contributed by atoms with Gasteiger partial charge in [0.2, 0.25) is 0 Å². The zero-order chi connectivity index (χ0) is 19.2. The molecular formula is C27H28O. The molecule has 1 nitrogen and oxygen atoms in total. The third-order valence-corrected chi connectivity index (χ3v) is 5.46. The lowest BCUT2D eigenvalue weighted by molar-refractivity contribution is 0.306. The molecule has 1 heteroatoms. The lowest BCUT2D eigenvalue weighted by atomic mass is 9.94. The molecule has 0 heterocycles. The van der Waals surface area contributed by atoms with Gasteiger partial charge in [0.15, 0.2) is 0 Å². The molecule has 4 aromatic rings. The highest BCUT2D eigenvalue weighted by atomic mass is 16.5. The van der Waals surface area contributed by atoms with Crippen LogP contribution in [0.4, 0.5) is 0 Å². The molecule has 4 rings (SSSR count). The van der Waals surface area contributed by atoms with Crippen molar-refractivity contribution in [3.8, 4) is 16.9 Å². The van der Waals surface area contributed by atoms with E-state index in [1.165, 1.54) is 58.4 Å². The Balaban J connectivity index is 1.73. The molecule has 0 aliphatic heterocycles. The summed E-state index contributed by atoms with van der Waals surface area (Å²) < 4.78 is 6.29. The minimum Gasteiger partial charge on any atom is -0.493 e. The van der Waals surface area contributed by atoms with E-state index < -0.39 is 0 Å². The molecule has 0 bridgehead atoms. The van der Waals surface area contributed by atoms with E-state index in [0.717, 1.165) is 18.8 Å². The predicted molar refractivity (Wildman–Crippen MR) is 121 cm³/mol. The van der Waals surface area contributed by atoms with Crippen LogP contribution < -0.4 is 4.74 Å². The van der Waals surface area contributed by atoms with Gasteiger partial charge >= 0.3 is 0 Å². The summed E-state index contributed by atoms with van der Waals surface area (Å²) in [6, 6.07) is 28.1. The van der Waals surface area contributed by atoms with E-state index in [1.807, 2.05) is 0 Å². The van der Waals surface area contributed by atoms with Crippen molar-refractivity contribution < 1.29 is 4.74 Å². The summed E-state index contributed by atoms with van der Waals surface area (Å²) in [7, 11) is 0. The van der Waals surface area contributed by atoms with Gasteiger partial charge in [-0.05, 0) is 39.6 Å². The molecule has 142 valence electrons. The van der Waals surface area contributed by atoms with E-state index in [1.54, 1.807) is 0 Å². The largest absolute Gasteiger partial charge is 0.493 e. The molecule has 4 aromatic carbocycles. The first kappa shape index (κ1) is 18.6. The Bertz CT molecular complexity index is 1050. The molecular weight excluding hydrogens is 340 g/mol. The number of benzene rings is 4. The van der Waals surface area contributed by atoms with Crippen molar-refractivity contribution >= 4 is 21.5 Å². The van der Waals surface area contributed by atoms with Crippen molar-refractivity contribution in [2.45, 2.75) is 39.0 Å². The molecule has 0 aromatic heterocycles. The SMILES string of the molecule is CCCCCCCOc1ccc2c(ccc3ccccc32)c1-c1ccccc1. The van der Waals surface area contributed by atoms with Crippen molar-refractivity contribution in [2.75, 3.05) is 6.61 Å². The predicted octanol–water partition coefficient (Wildman–Crippen LogP) is 8.01. The molecule has 0 aliphatic rings. The molecule has 0 unspecified atom stereocenters.